The van der Waals surface area contributed by atoms with E-state index in [1.165, 1.54) is 0 Å². The minimum atomic E-state index is -0.801. The molecular formula is C24H35N3O4S. The number of hydrogen-bond acceptors (Lipinski definition) is 5. The van der Waals surface area contributed by atoms with Crippen molar-refractivity contribution in [2.24, 2.45) is 11.8 Å². The maximum absolute atomic E-state index is 14.0. The lowest BCUT2D eigenvalue weighted by molar-refractivity contribution is -0.147. The molecule has 0 aliphatic carbocycles. The van der Waals surface area contributed by atoms with E-state index < -0.39 is 28.7 Å². The van der Waals surface area contributed by atoms with Gasteiger partial charge in [-0.3, -0.25) is 14.4 Å². The number of likely N-dealkylation sites (tertiary alicyclic amines) is 1. The van der Waals surface area contributed by atoms with Gasteiger partial charge in [0.05, 0.1) is 29.2 Å². The summed E-state index contributed by atoms with van der Waals surface area (Å²) in [5.74, 6) is -1.35. The van der Waals surface area contributed by atoms with Gasteiger partial charge in [-0.15, -0.1) is 11.8 Å². The zero-order valence-electron chi connectivity index (χ0n) is 19.4. The van der Waals surface area contributed by atoms with Crippen LogP contribution in [0.5, 0.6) is 0 Å². The van der Waals surface area contributed by atoms with Crippen LogP contribution in [0.3, 0.4) is 0 Å². The third kappa shape index (κ3) is 3.33. The van der Waals surface area contributed by atoms with Gasteiger partial charge in [-0.1, -0.05) is 38.2 Å². The Kier molecular flexibility index (Phi) is 6.47. The number of thioether (sulfide) groups is 1. The van der Waals surface area contributed by atoms with Gasteiger partial charge in [0.2, 0.25) is 17.7 Å². The summed E-state index contributed by atoms with van der Waals surface area (Å²) in [6, 6.07) is -1.16. The molecule has 176 valence electrons. The van der Waals surface area contributed by atoms with Gasteiger partial charge in [-0.05, 0) is 26.7 Å². The number of carbonyl (C=O) groups excluding carboxylic acids is 3. The van der Waals surface area contributed by atoms with Crippen LogP contribution in [0, 0.1) is 11.8 Å². The first-order valence-electron chi connectivity index (χ1n) is 11.9. The lowest BCUT2D eigenvalue weighted by Gasteiger charge is -2.39. The second-order valence-electron chi connectivity index (χ2n) is 9.53. The maximum Gasteiger partial charge on any atom is 0.247 e. The standard InChI is InChI=1S/C24H35N3O4S/c1-5-11-25-12-7-9-17-18(21(25)29)19-22(30)27(16(6-2)14-28)20-23(31)26(15(3)4)13-8-10-24(19,20)32-17/h7-10,15-20,28H,5-6,11-14H2,1-4H3/t16-,17+,18-,19-,20?,24-/m0/s1. The molecule has 0 aromatic heterocycles. The minimum absolute atomic E-state index is 0.00744. The maximum atomic E-state index is 14.0. The Balaban J connectivity index is 1.85. The first-order valence-corrected chi connectivity index (χ1v) is 12.7. The molecule has 0 radical (unpaired) electrons. The average molecular weight is 462 g/mol. The highest BCUT2D eigenvalue weighted by atomic mass is 32.2. The SMILES string of the molecule is CCCN1CC=C[C@H]2S[C@]34C=CCN(C(C)C)C(=O)C3N([C@@H](CC)CO)C(=O)[C@@H]4[C@H]2C1=O. The van der Waals surface area contributed by atoms with Crippen LogP contribution in [0.25, 0.3) is 0 Å². The summed E-state index contributed by atoms with van der Waals surface area (Å²) >= 11 is 1.60. The zero-order chi connectivity index (χ0) is 23.2. The zero-order valence-corrected chi connectivity index (χ0v) is 20.3. The molecule has 1 N–H and O–H groups in total. The number of fused-ring (bicyclic) bond motifs is 2. The second-order valence-corrected chi connectivity index (χ2v) is 11.0. The Hall–Kier alpha value is -1.80. The highest BCUT2D eigenvalue weighted by Gasteiger charge is 2.71. The predicted molar refractivity (Wildman–Crippen MR) is 125 cm³/mol. The Morgan fingerprint density at radius 1 is 1.12 bits per heavy atom. The van der Waals surface area contributed by atoms with Crippen molar-refractivity contribution >= 4 is 29.5 Å². The van der Waals surface area contributed by atoms with Crippen molar-refractivity contribution in [2.45, 2.75) is 68.7 Å². The molecule has 4 aliphatic heterocycles. The van der Waals surface area contributed by atoms with E-state index in [0.717, 1.165) is 6.42 Å². The molecule has 8 heteroatoms. The molecule has 3 amide bonds. The first-order chi connectivity index (χ1) is 15.3. The topological polar surface area (TPSA) is 81.2 Å². The Morgan fingerprint density at radius 2 is 1.88 bits per heavy atom. The molecule has 4 aliphatic rings. The number of aliphatic hydroxyl groups excluding tert-OH is 1. The van der Waals surface area contributed by atoms with Crippen LogP contribution >= 0.6 is 11.8 Å². The smallest absolute Gasteiger partial charge is 0.247 e. The number of aliphatic hydroxyl groups is 1. The van der Waals surface area contributed by atoms with Crippen LogP contribution in [0.2, 0.25) is 0 Å². The van der Waals surface area contributed by atoms with Crippen LogP contribution in [0.1, 0.15) is 40.5 Å². The van der Waals surface area contributed by atoms with Gasteiger partial charge in [0.1, 0.15) is 6.04 Å². The monoisotopic (exact) mass is 461 g/mol. The summed E-state index contributed by atoms with van der Waals surface area (Å²) in [5.41, 5.74) is 0. The number of hydrogen-bond donors (Lipinski definition) is 1. The highest BCUT2D eigenvalue weighted by molar-refractivity contribution is 8.02. The Bertz CT molecular complexity index is 839. The molecular weight excluding hydrogens is 426 g/mol. The van der Waals surface area contributed by atoms with E-state index in [2.05, 4.69) is 6.08 Å². The predicted octanol–water partition coefficient (Wildman–Crippen LogP) is 1.67. The normalized spacial score (nSPS) is 35.2. The van der Waals surface area contributed by atoms with E-state index in [1.807, 2.05) is 50.8 Å². The molecule has 0 bridgehead atoms. The average Bonchev–Trinajstić information content (AvgIpc) is 3.07. The highest BCUT2D eigenvalue weighted by Crippen LogP contribution is 2.61. The fourth-order valence-electron chi connectivity index (χ4n) is 5.89. The quantitative estimate of drug-likeness (QED) is 0.609. The van der Waals surface area contributed by atoms with E-state index in [4.69, 9.17) is 0 Å². The van der Waals surface area contributed by atoms with E-state index in [9.17, 15) is 19.5 Å². The van der Waals surface area contributed by atoms with E-state index in [-0.39, 0.29) is 35.6 Å². The van der Waals surface area contributed by atoms with Crippen molar-refractivity contribution in [3.8, 4) is 0 Å². The molecule has 2 saturated heterocycles. The van der Waals surface area contributed by atoms with Crippen LogP contribution in [0.15, 0.2) is 24.3 Å². The third-order valence-electron chi connectivity index (χ3n) is 7.40. The molecule has 0 aromatic carbocycles. The van der Waals surface area contributed by atoms with Crippen molar-refractivity contribution in [1.82, 2.24) is 14.7 Å². The lowest BCUT2D eigenvalue weighted by Crippen LogP contribution is -2.57. The van der Waals surface area contributed by atoms with Crippen LogP contribution < -0.4 is 0 Å². The molecule has 2 fully saturated rings. The summed E-state index contributed by atoms with van der Waals surface area (Å²) in [5, 5.41) is 9.96. The third-order valence-corrected chi connectivity index (χ3v) is 9.15. The summed E-state index contributed by atoms with van der Waals surface area (Å²) in [4.78, 5) is 46.9. The van der Waals surface area contributed by atoms with Gasteiger partial charge >= 0.3 is 0 Å². The van der Waals surface area contributed by atoms with Gasteiger partial charge < -0.3 is 19.8 Å². The lowest BCUT2D eigenvalue weighted by atomic mass is 9.78. The molecule has 6 atom stereocenters. The van der Waals surface area contributed by atoms with Gasteiger partial charge in [0, 0.05) is 30.9 Å². The van der Waals surface area contributed by atoms with Gasteiger partial charge in [-0.2, -0.15) is 0 Å². The molecule has 4 heterocycles. The molecule has 0 aromatic rings. The fraction of sp³-hybridized carbons (Fsp3) is 0.708. The van der Waals surface area contributed by atoms with Crippen molar-refractivity contribution in [1.29, 1.82) is 0 Å². The van der Waals surface area contributed by atoms with Crippen LogP contribution in [-0.4, -0.2) is 91.9 Å². The van der Waals surface area contributed by atoms with Crippen LogP contribution in [-0.2, 0) is 14.4 Å². The molecule has 1 spiro atoms. The van der Waals surface area contributed by atoms with E-state index >= 15 is 0 Å². The molecule has 7 nitrogen and oxygen atoms in total. The molecule has 32 heavy (non-hydrogen) atoms. The van der Waals surface area contributed by atoms with Crippen molar-refractivity contribution in [3.63, 3.8) is 0 Å². The van der Waals surface area contributed by atoms with E-state index in [1.54, 1.807) is 21.6 Å². The minimum Gasteiger partial charge on any atom is -0.394 e. The first kappa shape index (κ1) is 23.4. The summed E-state index contributed by atoms with van der Waals surface area (Å²) in [6.07, 6.45) is 9.54. The van der Waals surface area contributed by atoms with Crippen molar-refractivity contribution in [3.05, 3.63) is 24.3 Å². The van der Waals surface area contributed by atoms with Gasteiger partial charge in [0.15, 0.2) is 0 Å². The molecule has 4 rings (SSSR count). The summed E-state index contributed by atoms with van der Waals surface area (Å²) < 4.78 is -0.801. The Labute approximate surface area is 194 Å². The van der Waals surface area contributed by atoms with E-state index in [0.29, 0.717) is 26.1 Å². The number of carbonyl (C=O) groups is 3. The summed E-state index contributed by atoms with van der Waals surface area (Å²) in [7, 11) is 0. The van der Waals surface area contributed by atoms with Crippen LogP contribution in [0.4, 0.5) is 0 Å². The van der Waals surface area contributed by atoms with Gasteiger partial charge in [-0.25, -0.2) is 0 Å². The van der Waals surface area contributed by atoms with Gasteiger partial charge in [0.25, 0.3) is 0 Å². The summed E-state index contributed by atoms with van der Waals surface area (Å²) in [6.45, 7) is 9.43. The second kappa shape index (κ2) is 8.86. The molecule has 0 saturated carbocycles. The fourth-order valence-corrected chi connectivity index (χ4v) is 7.88. The number of rotatable bonds is 6. The number of amides is 3. The van der Waals surface area contributed by atoms with Crippen molar-refractivity contribution < 1.29 is 19.5 Å². The largest absolute Gasteiger partial charge is 0.394 e. The molecule has 1 unspecified atom stereocenters. The number of nitrogens with zero attached hydrogens (tertiary/aromatic N) is 3. The van der Waals surface area contributed by atoms with Crippen molar-refractivity contribution in [2.75, 3.05) is 26.2 Å². The Morgan fingerprint density at radius 3 is 2.50 bits per heavy atom.